The van der Waals surface area contributed by atoms with Crippen LogP contribution in [-0.2, 0) is 6.42 Å². The monoisotopic (exact) mass is 256 g/mol. The second-order valence-corrected chi connectivity index (χ2v) is 4.17. The van der Waals surface area contributed by atoms with Crippen LogP contribution in [0.15, 0.2) is 48.8 Å². The fourth-order valence-electron chi connectivity index (χ4n) is 1.80. The first kappa shape index (κ1) is 13.1. The van der Waals surface area contributed by atoms with Crippen LogP contribution in [0.3, 0.4) is 0 Å². The lowest BCUT2D eigenvalue weighted by Crippen LogP contribution is -2.13. The highest BCUT2D eigenvalue weighted by Crippen LogP contribution is 2.17. The average molecular weight is 256 g/mol. The van der Waals surface area contributed by atoms with Crippen LogP contribution in [0.1, 0.15) is 22.3 Å². The molecule has 4 heteroatoms. The summed E-state index contributed by atoms with van der Waals surface area (Å²) in [7, 11) is 0. The molecule has 0 aliphatic heterocycles. The highest BCUT2D eigenvalue weighted by Gasteiger charge is 2.07. The Hall–Kier alpha value is -2.36. The van der Waals surface area contributed by atoms with Crippen LogP contribution in [0.25, 0.3) is 0 Å². The van der Waals surface area contributed by atoms with E-state index in [4.69, 9.17) is 10.5 Å². The Morgan fingerprint density at radius 2 is 2.05 bits per heavy atom. The van der Waals surface area contributed by atoms with Crippen LogP contribution in [-0.4, -0.2) is 17.5 Å². The smallest absolute Gasteiger partial charge is 0.252 e. The minimum atomic E-state index is -0.470. The molecule has 0 saturated heterocycles. The average Bonchev–Trinajstić information content (AvgIpc) is 2.45. The molecule has 0 aliphatic carbocycles. The number of aromatic nitrogens is 1. The number of pyridine rings is 1. The highest BCUT2D eigenvalue weighted by atomic mass is 16.5. The molecule has 0 saturated carbocycles. The van der Waals surface area contributed by atoms with Crippen molar-refractivity contribution in [2.75, 3.05) is 6.61 Å². The maximum Gasteiger partial charge on any atom is 0.252 e. The molecule has 1 aromatic heterocycles. The van der Waals surface area contributed by atoms with Crippen molar-refractivity contribution in [2.24, 2.45) is 5.73 Å². The summed E-state index contributed by atoms with van der Waals surface area (Å²) in [6, 6.07) is 11.0. The number of aryl methyl sites for hydroxylation is 1. The molecule has 1 heterocycles. The second kappa shape index (κ2) is 6.54. The number of carbonyl (C=O) groups is 1. The van der Waals surface area contributed by atoms with Gasteiger partial charge in [0.15, 0.2) is 0 Å². The van der Waals surface area contributed by atoms with Crippen LogP contribution in [0.4, 0.5) is 0 Å². The summed E-state index contributed by atoms with van der Waals surface area (Å²) in [5.74, 6) is 0.0732. The third kappa shape index (κ3) is 3.81. The third-order valence-electron chi connectivity index (χ3n) is 2.74. The lowest BCUT2D eigenvalue weighted by atomic mass is 10.1. The number of nitrogens with zero attached hydrogens (tertiary/aromatic N) is 1. The van der Waals surface area contributed by atoms with Gasteiger partial charge in [-0.05, 0) is 36.6 Å². The van der Waals surface area contributed by atoms with Crippen LogP contribution in [0, 0.1) is 0 Å². The zero-order valence-corrected chi connectivity index (χ0v) is 10.6. The van der Waals surface area contributed by atoms with Crippen molar-refractivity contribution in [3.63, 3.8) is 0 Å². The Balaban J connectivity index is 1.85. The molecule has 2 N–H and O–H groups in total. The first-order chi connectivity index (χ1) is 9.27. The third-order valence-corrected chi connectivity index (χ3v) is 2.74. The van der Waals surface area contributed by atoms with Crippen molar-refractivity contribution in [1.82, 2.24) is 4.98 Å². The summed E-state index contributed by atoms with van der Waals surface area (Å²) in [6.45, 7) is 0.541. The first-order valence-electron chi connectivity index (χ1n) is 6.18. The van der Waals surface area contributed by atoms with Crippen LogP contribution >= 0.6 is 0 Å². The summed E-state index contributed by atoms with van der Waals surface area (Å²) in [5, 5.41) is 0. The number of nitrogens with two attached hydrogens (primary N) is 1. The Labute approximate surface area is 112 Å². The van der Waals surface area contributed by atoms with Crippen molar-refractivity contribution in [3.8, 4) is 5.75 Å². The molecule has 0 fully saturated rings. The predicted molar refractivity (Wildman–Crippen MR) is 73.0 cm³/mol. The molecule has 0 radical (unpaired) electrons. The van der Waals surface area contributed by atoms with Crippen molar-refractivity contribution in [3.05, 3.63) is 59.9 Å². The standard InChI is InChI=1S/C15H16N2O2/c16-15(18)13-7-1-2-8-14(13)19-10-4-6-12-5-3-9-17-11-12/h1-3,5,7-9,11H,4,6,10H2,(H2,16,18). The van der Waals surface area contributed by atoms with Gasteiger partial charge < -0.3 is 10.5 Å². The molecule has 2 rings (SSSR count). The van der Waals surface area contributed by atoms with Gasteiger partial charge in [0.1, 0.15) is 5.75 Å². The Kier molecular flexibility index (Phi) is 4.50. The van der Waals surface area contributed by atoms with E-state index < -0.39 is 5.91 Å². The SMILES string of the molecule is NC(=O)c1ccccc1OCCCc1cccnc1. The van der Waals surface area contributed by atoms with E-state index >= 15 is 0 Å². The van der Waals surface area contributed by atoms with Gasteiger partial charge in [-0.3, -0.25) is 9.78 Å². The summed E-state index contributed by atoms with van der Waals surface area (Å²) in [4.78, 5) is 15.3. The summed E-state index contributed by atoms with van der Waals surface area (Å²) in [5.41, 5.74) is 6.88. The van der Waals surface area contributed by atoms with E-state index in [2.05, 4.69) is 4.98 Å². The summed E-state index contributed by atoms with van der Waals surface area (Å²) in [6.07, 6.45) is 5.35. The van der Waals surface area contributed by atoms with Gasteiger partial charge in [-0.1, -0.05) is 18.2 Å². The van der Waals surface area contributed by atoms with E-state index in [0.717, 1.165) is 12.8 Å². The number of ether oxygens (including phenoxy) is 1. The lowest BCUT2D eigenvalue weighted by Gasteiger charge is -2.09. The zero-order chi connectivity index (χ0) is 13.5. The molecule has 0 aliphatic rings. The molecule has 0 bridgehead atoms. The van der Waals surface area contributed by atoms with Gasteiger partial charge in [0.25, 0.3) is 5.91 Å². The van der Waals surface area contributed by atoms with Crippen molar-refractivity contribution in [1.29, 1.82) is 0 Å². The van der Waals surface area contributed by atoms with Gasteiger partial charge in [-0.2, -0.15) is 0 Å². The Bertz CT molecular complexity index is 541. The Morgan fingerprint density at radius 1 is 1.21 bits per heavy atom. The van der Waals surface area contributed by atoms with E-state index in [-0.39, 0.29) is 0 Å². The van der Waals surface area contributed by atoms with Gasteiger partial charge in [-0.15, -0.1) is 0 Å². The van der Waals surface area contributed by atoms with E-state index in [1.165, 1.54) is 5.56 Å². The molecule has 19 heavy (non-hydrogen) atoms. The molecule has 2 aromatic rings. The maximum atomic E-state index is 11.2. The van der Waals surface area contributed by atoms with Gasteiger partial charge in [0.2, 0.25) is 0 Å². The maximum absolute atomic E-state index is 11.2. The summed E-state index contributed by atoms with van der Waals surface area (Å²) >= 11 is 0. The quantitative estimate of drug-likeness (QED) is 0.806. The number of amides is 1. The number of benzene rings is 1. The number of carbonyl (C=O) groups excluding carboxylic acids is 1. The van der Waals surface area contributed by atoms with E-state index in [1.54, 1.807) is 24.4 Å². The fraction of sp³-hybridized carbons (Fsp3) is 0.200. The lowest BCUT2D eigenvalue weighted by molar-refractivity contribution is 0.0996. The number of primary amides is 1. The molecule has 98 valence electrons. The van der Waals surface area contributed by atoms with Gasteiger partial charge >= 0.3 is 0 Å². The number of hydrogen-bond donors (Lipinski definition) is 1. The molecule has 1 aromatic carbocycles. The normalized spacial score (nSPS) is 10.1. The van der Waals surface area contributed by atoms with E-state index in [9.17, 15) is 4.79 Å². The predicted octanol–water partition coefficient (Wildman–Crippen LogP) is 2.19. The van der Waals surface area contributed by atoms with Crippen LogP contribution < -0.4 is 10.5 Å². The fourth-order valence-corrected chi connectivity index (χ4v) is 1.80. The number of hydrogen-bond acceptors (Lipinski definition) is 3. The van der Waals surface area contributed by atoms with Gasteiger partial charge in [0.05, 0.1) is 12.2 Å². The minimum Gasteiger partial charge on any atom is -0.493 e. The van der Waals surface area contributed by atoms with E-state index in [0.29, 0.717) is 17.9 Å². The topological polar surface area (TPSA) is 65.2 Å². The van der Waals surface area contributed by atoms with Crippen molar-refractivity contribution >= 4 is 5.91 Å². The first-order valence-corrected chi connectivity index (χ1v) is 6.18. The molecular formula is C15H16N2O2. The van der Waals surface area contributed by atoms with Crippen LogP contribution in [0.5, 0.6) is 5.75 Å². The molecular weight excluding hydrogens is 240 g/mol. The van der Waals surface area contributed by atoms with Gasteiger partial charge in [-0.25, -0.2) is 0 Å². The van der Waals surface area contributed by atoms with E-state index in [1.807, 2.05) is 24.4 Å². The van der Waals surface area contributed by atoms with Gasteiger partial charge in [0, 0.05) is 12.4 Å². The molecule has 4 nitrogen and oxygen atoms in total. The Morgan fingerprint density at radius 3 is 2.79 bits per heavy atom. The summed E-state index contributed by atoms with van der Waals surface area (Å²) < 4.78 is 5.60. The van der Waals surface area contributed by atoms with Crippen LogP contribution in [0.2, 0.25) is 0 Å². The molecule has 0 spiro atoms. The number of rotatable bonds is 6. The molecule has 0 unspecified atom stereocenters. The zero-order valence-electron chi connectivity index (χ0n) is 10.6. The highest BCUT2D eigenvalue weighted by molar-refractivity contribution is 5.95. The van der Waals surface area contributed by atoms with Crippen molar-refractivity contribution < 1.29 is 9.53 Å². The molecule has 1 amide bonds. The van der Waals surface area contributed by atoms with Crippen molar-refractivity contribution in [2.45, 2.75) is 12.8 Å². The number of para-hydroxylation sites is 1. The largest absolute Gasteiger partial charge is 0.493 e. The molecule has 0 atom stereocenters. The second-order valence-electron chi connectivity index (χ2n) is 4.17. The minimum absolute atomic E-state index is 0.420.